The Kier molecular flexibility index (Phi) is 608. The summed E-state index contributed by atoms with van der Waals surface area (Å²) in [5.74, 6) is 0. The van der Waals surface area contributed by atoms with Crippen LogP contribution in [0.5, 0.6) is 0 Å². The Hall–Kier alpha value is 1.76. The van der Waals surface area contributed by atoms with E-state index >= 15 is 0 Å². The fourth-order valence-electron chi connectivity index (χ4n) is 0. The molecule has 0 saturated heterocycles. The van der Waals surface area contributed by atoms with Crippen molar-refractivity contribution in [2.75, 3.05) is 0 Å². The molecule has 0 rings (SSSR count). The third-order valence-corrected chi connectivity index (χ3v) is 0. The van der Waals surface area contributed by atoms with Crippen molar-refractivity contribution in [2.45, 2.75) is 0 Å². The van der Waals surface area contributed by atoms with Gasteiger partial charge in [-0.1, -0.05) is 0 Å². The zero-order chi connectivity index (χ0) is 0. The van der Waals surface area contributed by atoms with Crippen molar-refractivity contribution in [1.29, 1.82) is 0 Å². The van der Waals surface area contributed by atoms with Gasteiger partial charge in [0, 0.05) is 0 Å². The van der Waals surface area contributed by atoms with Crippen LogP contribution < -0.4 is 29.6 Å². The fourth-order valence-corrected chi connectivity index (χ4v) is 0. The largest absolute Gasteiger partial charge is 5.00 e. The molecular weight excluding hydrogens is 280 g/mol. The van der Waals surface area contributed by atoms with Gasteiger partial charge in [-0.3, -0.25) is 0 Å². The van der Waals surface area contributed by atoms with Crippen LogP contribution in [-0.4, -0.2) is 26.2 Å². The summed E-state index contributed by atoms with van der Waals surface area (Å²) >= 11 is 0. The van der Waals surface area contributed by atoms with E-state index in [9.17, 15) is 0 Å². The van der Waals surface area contributed by atoms with Gasteiger partial charge in [-0.25, -0.2) is 0 Å². The van der Waals surface area contributed by atoms with Crippen LogP contribution in [-0.2, 0) is 16.4 Å². The second kappa shape index (κ2) is 42.1. The summed E-state index contributed by atoms with van der Waals surface area (Å²) in [6.07, 6.45) is 0. The van der Waals surface area contributed by atoms with Gasteiger partial charge in [-0.15, -0.1) is 0 Å². The van der Waals surface area contributed by atoms with Crippen LogP contribution in [0.2, 0.25) is 0 Å². The first-order valence-electron chi connectivity index (χ1n) is 0. The summed E-state index contributed by atoms with van der Waals surface area (Å²) in [6, 6.07) is 0. The number of hydrogen-bond donors (Lipinski definition) is 0. The molecule has 0 spiro atoms. The second-order valence-corrected chi connectivity index (χ2v) is 0. The van der Waals surface area contributed by atoms with Crippen molar-refractivity contribution in [3.63, 3.8) is 0 Å². The van der Waals surface area contributed by atoms with Crippen LogP contribution in [0.4, 0.5) is 0 Å². The van der Waals surface area contributed by atoms with E-state index < -0.39 is 0 Å². The van der Waals surface area contributed by atoms with Crippen LogP contribution >= 0.6 is 0 Å². The Balaban J connectivity index is 0. The summed E-state index contributed by atoms with van der Waals surface area (Å²) in [4.78, 5) is 0. The van der Waals surface area contributed by atoms with E-state index in [4.69, 9.17) is 0 Å². The van der Waals surface area contributed by atoms with Crippen LogP contribution in [0.3, 0.4) is 0 Å². The Labute approximate surface area is 71.5 Å². The fraction of sp³-hybridized carbons (Fsp3) is 0. The van der Waals surface area contributed by atoms with E-state index in [2.05, 4.69) is 0 Å². The third-order valence-electron chi connectivity index (χ3n) is 0. The molecule has 0 aliphatic rings. The van der Waals surface area contributed by atoms with E-state index in [0.717, 1.165) is 0 Å². The van der Waals surface area contributed by atoms with E-state index in [1.165, 1.54) is 0 Å². The summed E-state index contributed by atoms with van der Waals surface area (Å²) in [5.41, 5.74) is 0. The van der Waals surface area contributed by atoms with Crippen molar-refractivity contribution >= 4 is 26.2 Å². The minimum atomic E-state index is 0. The van der Waals surface area contributed by atoms with E-state index in [1.54, 1.807) is 0 Å². The van der Waals surface area contributed by atoms with Crippen LogP contribution in [0.1, 0.15) is 0 Å². The first kappa shape index (κ1) is 72.3. The van der Waals surface area contributed by atoms with Gasteiger partial charge in [0.1, 0.15) is 0 Å². The zero-order valence-corrected chi connectivity index (χ0v) is 8.15. The predicted molar refractivity (Wildman–Crippen MR) is 7.81 cm³/mol. The number of rotatable bonds is 0. The summed E-state index contributed by atoms with van der Waals surface area (Å²) in [7, 11) is 0. The van der Waals surface area contributed by atoms with E-state index in [-0.39, 0.29) is 72.2 Å². The molecule has 24 valence electrons. The predicted octanol–water partition coefficient (Wildman–Crippen LogP) is -3.73. The molecule has 0 fully saturated rings. The maximum atomic E-state index is 0. The second-order valence-electron chi connectivity index (χ2n) is 0. The van der Waals surface area contributed by atoms with Crippen molar-refractivity contribution in [3.05, 3.63) is 0 Å². The van der Waals surface area contributed by atoms with Gasteiger partial charge in [-0.2, -0.15) is 0 Å². The molecule has 0 N–H and O–H groups in total. The molecule has 0 aromatic rings. The van der Waals surface area contributed by atoms with Gasteiger partial charge in [0.25, 0.3) is 0 Å². The molecule has 0 atom stereocenters. The first-order chi connectivity index (χ1) is 0. The Bertz CT molecular complexity index is 6.85. The maximum absolute atomic E-state index is 0. The van der Waals surface area contributed by atoms with Crippen LogP contribution in [0, 0.1) is 0 Å². The molecule has 0 saturated carbocycles. The molecule has 5 heteroatoms. The monoisotopic (exact) mass is 280 g/mol. The zero-order valence-electron chi connectivity index (χ0n) is 2.67. The van der Waals surface area contributed by atoms with Gasteiger partial charge in [-0.05, 0) is 0 Å². The molecule has 0 bridgehead atoms. The molecule has 5 heavy (non-hydrogen) atoms. The van der Waals surface area contributed by atoms with E-state index in [0.29, 0.717) is 0 Å². The molecule has 3 nitrogen and oxygen atoms in total. The van der Waals surface area contributed by atoms with Gasteiger partial charge in [0.2, 0.25) is 0 Å². The molecule has 0 unspecified atom stereocenters. The standard InChI is InChI=1S/Bi.Na.3O/q+5;+1;3*-2. The smallest absolute Gasteiger partial charge is 2.00 e. The molecule has 0 aliphatic heterocycles. The summed E-state index contributed by atoms with van der Waals surface area (Å²) in [6.45, 7) is 0. The van der Waals surface area contributed by atoms with Gasteiger partial charge >= 0.3 is 55.8 Å². The SMILES string of the molecule is [Bi+5].[Na+].[O-2].[O-2].[O-2]. The van der Waals surface area contributed by atoms with Crippen LogP contribution in [0.15, 0.2) is 0 Å². The molecule has 0 aromatic carbocycles. The average Bonchev–Trinajstić information content (AvgIpc) is 0. The van der Waals surface area contributed by atoms with Gasteiger partial charge in [0.15, 0.2) is 0 Å². The Morgan fingerprint density at radius 1 is 0.600 bits per heavy atom. The normalized spacial score (nSPS) is 0. The third kappa shape index (κ3) is 26.3. The quantitative estimate of drug-likeness (QED) is 0.408. The van der Waals surface area contributed by atoms with Gasteiger partial charge < -0.3 is 16.4 Å². The van der Waals surface area contributed by atoms with Crippen molar-refractivity contribution < 1.29 is 46.0 Å². The Morgan fingerprint density at radius 3 is 0.600 bits per heavy atom. The van der Waals surface area contributed by atoms with Crippen LogP contribution in [0.25, 0.3) is 0 Å². The molecule has 0 aromatic heterocycles. The average molecular weight is 280 g/mol. The summed E-state index contributed by atoms with van der Waals surface area (Å²) < 4.78 is 0. The summed E-state index contributed by atoms with van der Waals surface area (Å²) in [5, 5.41) is 0. The maximum Gasteiger partial charge on any atom is 5.00 e. The molecule has 0 heterocycles. The minimum absolute atomic E-state index is 0. The topological polar surface area (TPSA) is 85.5 Å². The minimum Gasteiger partial charge on any atom is -2.00 e. The molecule has 0 radical (unpaired) electrons. The van der Waals surface area contributed by atoms with Gasteiger partial charge in [0.05, 0.1) is 0 Å². The van der Waals surface area contributed by atoms with Crippen molar-refractivity contribution in [1.82, 2.24) is 0 Å². The number of hydrogen-bond acceptors (Lipinski definition) is 0. The molecular formula is BiNaO3. The van der Waals surface area contributed by atoms with Crippen molar-refractivity contribution in [3.8, 4) is 0 Å². The molecule has 0 amide bonds. The molecule has 0 aliphatic carbocycles. The first-order valence-corrected chi connectivity index (χ1v) is 0. The Morgan fingerprint density at radius 2 is 0.600 bits per heavy atom. The van der Waals surface area contributed by atoms with Crippen molar-refractivity contribution in [2.24, 2.45) is 0 Å². The van der Waals surface area contributed by atoms with E-state index in [1.807, 2.05) is 0 Å².